The van der Waals surface area contributed by atoms with Crippen LogP contribution in [-0.4, -0.2) is 23.6 Å². The minimum Gasteiger partial charge on any atom is -0.409 e. The maximum absolute atomic E-state index is 13.4. The Balaban J connectivity index is 2.32. The first-order chi connectivity index (χ1) is 9.52. The van der Waals surface area contributed by atoms with Crippen molar-refractivity contribution in [3.8, 4) is 0 Å². The van der Waals surface area contributed by atoms with E-state index in [0.717, 1.165) is 31.5 Å². The van der Waals surface area contributed by atoms with E-state index in [1.165, 1.54) is 12.1 Å². The first-order valence-corrected chi connectivity index (χ1v) is 7.07. The molecule has 0 heterocycles. The molecule has 20 heavy (non-hydrogen) atoms. The zero-order valence-electron chi connectivity index (χ0n) is 12.0. The van der Waals surface area contributed by atoms with Gasteiger partial charge in [0.15, 0.2) is 5.84 Å². The fourth-order valence-corrected chi connectivity index (χ4v) is 2.30. The number of hydrogen-bond acceptors (Lipinski definition) is 3. The minimum absolute atomic E-state index is 0.0466. The molecule has 1 aliphatic carbocycles. The Morgan fingerprint density at radius 3 is 2.75 bits per heavy atom. The molecule has 0 bridgehead atoms. The van der Waals surface area contributed by atoms with Crippen LogP contribution in [0.25, 0.3) is 0 Å². The Kier molecular flexibility index (Phi) is 4.47. The average Bonchev–Trinajstić information content (AvgIpc) is 3.23. The SMILES string of the molecule is CC(C)CCN(c1ccc(F)cc1/C(N)=N/O)C1CC1. The highest BCUT2D eigenvalue weighted by Crippen LogP contribution is 2.34. The van der Waals surface area contributed by atoms with Gasteiger partial charge in [-0.1, -0.05) is 19.0 Å². The van der Waals surface area contributed by atoms with Crippen LogP contribution in [-0.2, 0) is 0 Å². The Hall–Kier alpha value is -1.78. The van der Waals surface area contributed by atoms with Gasteiger partial charge in [-0.25, -0.2) is 4.39 Å². The summed E-state index contributed by atoms with van der Waals surface area (Å²) >= 11 is 0. The Morgan fingerprint density at radius 1 is 1.50 bits per heavy atom. The molecule has 0 aliphatic heterocycles. The summed E-state index contributed by atoms with van der Waals surface area (Å²) in [6, 6.07) is 4.97. The molecular weight excluding hydrogens is 257 g/mol. The van der Waals surface area contributed by atoms with Crippen LogP contribution in [0.15, 0.2) is 23.4 Å². The zero-order valence-corrected chi connectivity index (χ0v) is 12.0. The fraction of sp³-hybridized carbons (Fsp3) is 0.533. The normalized spacial score (nSPS) is 15.7. The third-order valence-corrected chi connectivity index (χ3v) is 3.59. The molecule has 0 amide bonds. The number of halogens is 1. The van der Waals surface area contributed by atoms with Gasteiger partial charge in [-0.15, -0.1) is 0 Å². The molecule has 4 nitrogen and oxygen atoms in total. The van der Waals surface area contributed by atoms with E-state index in [-0.39, 0.29) is 11.7 Å². The molecule has 0 saturated heterocycles. The smallest absolute Gasteiger partial charge is 0.172 e. The van der Waals surface area contributed by atoms with E-state index in [1.807, 2.05) is 0 Å². The average molecular weight is 279 g/mol. The van der Waals surface area contributed by atoms with Crippen molar-refractivity contribution in [3.63, 3.8) is 0 Å². The van der Waals surface area contributed by atoms with Crippen LogP contribution in [0.3, 0.4) is 0 Å². The Morgan fingerprint density at radius 2 is 2.20 bits per heavy atom. The van der Waals surface area contributed by atoms with E-state index >= 15 is 0 Å². The number of rotatable bonds is 6. The number of benzene rings is 1. The molecule has 1 aromatic rings. The van der Waals surface area contributed by atoms with Crippen LogP contribution in [0.5, 0.6) is 0 Å². The monoisotopic (exact) mass is 279 g/mol. The largest absolute Gasteiger partial charge is 0.409 e. The lowest BCUT2D eigenvalue weighted by molar-refractivity contribution is 0.318. The molecule has 0 spiro atoms. The maximum atomic E-state index is 13.4. The molecule has 1 aliphatic rings. The molecule has 0 aromatic heterocycles. The second-order valence-electron chi connectivity index (χ2n) is 5.75. The van der Waals surface area contributed by atoms with Gasteiger partial charge in [0.05, 0.1) is 0 Å². The summed E-state index contributed by atoms with van der Waals surface area (Å²) in [6.45, 7) is 5.26. The van der Waals surface area contributed by atoms with Gasteiger partial charge in [-0.2, -0.15) is 0 Å². The lowest BCUT2D eigenvalue weighted by Gasteiger charge is -2.27. The van der Waals surface area contributed by atoms with Gasteiger partial charge in [0.1, 0.15) is 5.82 Å². The van der Waals surface area contributed by atoms with Crippen LogP contribution in [0.1, 0.15) is 38.7 Å². The second-order valence-corrected chi connectivity index (χ2v) is 5.75. The highest BCUT2D eigenvalue weighted by molar-refractivity contribution is 6.02. The maximum Gasteiger partial charge on any atom is 0.172 e. The van der Waals surface area contributed by atoms with Gasteiger partial charge >= 0.3 is 0 Å². The van der Waals surface area contributed by atoms with Crippen molar-refractivity contribution in [2.24, 2.45) is 16.8 Å². The molecule has 0 radical (unpaired) electrons. The fourth-order valence-electron chi connectivity index (χ4n) is 2.30. The number of amidine groups is 1. The van der Waals surface area contributed by atoms with E-state index in [1.54, 1.807) is 6.07 Å². The van der Waals surface area contributed by atoms with Crippen molar-refractivity contribution in [2.75, 3.05) is 11.4 Å². The Labute approximate surface area is 119 Å². The summed E-state index contributed by atoms with van der Waals surface area (Å²) in [5.74, 6) is 0.175. The van der Waals surface area contributed by atoms with Crippen molar-refractivity contribution in [1.29, 1.82) is 0 Å². The molecular formula is C15H22FN3O. The number of oxime groups is 1. The van der Waals surface area contributed by atoms with E-state index in [4.69, 9.17) is 10.9 Å². The molecule has 0 atom stereocenters. The van der Waals surface area contributed by atoms with Gasteiger partial charge in [0, 0.05) is 23.8 Å². The lowest BCUT2D eigenvalue weighted by atomic mass is 10.1. The quantitative estimate of drug-likeness (QED) is 0.364. The van der Waals surface area contributed by atoms with Crippen molar-refractivity contribution < 1.29 is 9.60 Å². The summed E-state index contributed by atoms with van der Waals surface area (Å²) in [5.41, 5.74) is 7.00. The Bertz CT molecular complexity index is 498. The van der Waals surface area contributed by atoms with Crippen LogP contribution < -0.4 is 10.6 Å². The zero-order chi connectivity index (χ0) is 14.7. The van der Waals surface area contributed by atoms with Gasteiger partial charge in [-0.3, -0.25) is 0 Å². The van der Waals surface area contributed by atoms with Crippen molar-refractivity contribution >= 4 is 11.5 Å². The van der Waals surface area contributed by atoms with Crippen LogP contribution in [0, 0.1) is 11.7 Å². The van der Waals surface area contributed by atoms with Gasteiger partial charge < -0.3 is 15.8 Å². The van der Waals surface area contributed by atoms with E-state index in [0.29, 0.717) is 17.5 Å². The summed E-state index contributed by atoms with van der Waals surface area (Å²) in [6.07, 6.45) is 3.35. The molecule has 1 fully saturated rings. The molecule has 1 aromatic carbocycles. The summed E-state index contributed by atoms with van der Waals surface area (Å²) in [7, 11) is 0. The van der Waals surface area contributed by atoms with E-state index < -0.39 is 0 Å². The standard InChI is InChI=1S/C15H22FN3O/c1-10(2)7-8-19(12-4-5-12)14-6-3-11(16)9-13(14)15(17)18-20/h3,6,9-10,12,20H,4-5,7-8H2,1-2H3,(H2,17,18). The summed E-state index contributed by atoms with van der Waals surface area (Å²) in [5, 5.41) is 11.9. The molecule has 110 valence electrons. The second kappa shape index (κ2) is 6.11. The predicted octanol–water partition coefficient (Wildman–Crippen LogP) is 2.94. The van der Waals surface area contributed by atoms with E-state index in [2.05, 4.69) is 23.9 Å². The van der Waals surface area contributed by atoms with E-state index in [9.17, 15) is 4.39 Å². The van der Waals surface area contributed by atoms with Gasteiger partial charge in [0.2, 0.25) is 0 Å². The third kappa shape index (κ3) is 3.40. The third-order valence-electron chi connectivity index (χ3n) is 3.59. The van der Waals surface area contributed by atoms with Crippen molar-refractivity contribution in [3.05, 3.63) is 29.6 Å². The van der Waals surface area contributed by atoms with Crippen molar-refractivity contribution in [1.82, 2.24) is 0 Å². The predicted molar refractivity (Wildman–Crippen MR) is 78.7 cm³/mol. The number of hydrogen-bond donors (Lipinski definition) is 2. The number of anilines is 1. The lowest BCUT2D eigenvalue weighted by Crippen LogP contribution is -2.30. The van der Waals surface area contributed by atoms with Gasteiger partial charge in [-0.05, 0) is 43.4 Å². The van der Waals surface area contributed by atoms with Crippen LogP contribution in [0.2, 0.25) is 0 Å². The topological polar surface area (TPSA) is 61.8 Å². The molecule has 5 heteroatoms. The first kappa shape index (κ1) is 14.6. The highest BCUT2D eigenvalue weighted by atomic mass is 19.1. The minimum atomic E-state index is -0.380. The molecule has 1 saturated carbocycles. The van der Waals surface area contributed by atoms with Gasteiger partial charge in [0.25, 0.3) is 0 Å². The van der Waals surface area contributed by atoms with Crippen LogP contribution >= 0.6 is 0 Å². The summed E-state index contributed by atoms with van der Waals surface area (Å²) < 4.78 is 13.4. The molecule has 3 N–H and O–H groups in total. The molecule has 2 rings (SSSR count). The van der Waals surface area contributed by atoms with Crippen molar-refractivity contribution in [2.45, 2.75) is 39.2 Å². The van der Waals surface area contributed by atoms with Crippen LogP contribution in [0.4, 0.5) is 10.1 Å². The summed E-state index contributed by atoms with van der Waals surface area (Å²) in [4.78, 5) is 2.26. The number of nitrogens with two attached hydrogens (primary N) is 1. The number of nitrogens with zero attached hydrogens (tertiary/aromatic N) is 2. The highest BCUT2D eigenvalue weighted by Gasteiger charge is 2.30. The first-order valence-electron chi connectivity index (χ1n) is 7.07. The molecule has 0 unspecified atom stereocenters.